The summed E-state index contributed by atoms with van der Waals surface area (Å²) in [5, 5.41) is 0. The van der Waals surface area contributed by atoms with Crippen LogP contribution in [0.5, 0.6) is 0 Å². The van der Waals surface area contributed by atoms with Crippen LogP contribution in [0.2, 0.25) is 0 Å². The largest absolute Gasteiger partial charge is 0.322 e. The van der Waals surface area contributed by atoms with E-state index in [-0.39, 0.29) is 11.8 Å². The van der Waals surface area contributed by atoms with Gasteiger partial charge < -0.3 is 5.73 Å². The van der Waals surface area contributed by atoms with Crippen molar-refractivity contribution in [2.75, 3.05) is 0 Å². The van der Waals surface area contributed by atoms with Gasteiger partial charge >= 0.3 is 0 Å². The summed E-state index contributed by atoms with van der Waals surface area (Å²) in [6.45, 7) is 4.02. The van der Waals surface area contributed by atoms with Gasteiger partial charge in [0.25, 0.3) is 0 Å². The van der Waals surface area contributed by atoms with Gasteiger partial charge in [-0.3, -0.25) is 4.79 Å². The quantitative estimate of drug-likeness (QED) is 0.545. The van der Waals surface area contributed by atoms with Gasteiger partial charge in [0.05, 0.1) is 6.04 Å². The third-order valence-corrected chi connectivity index (χ3v) is 3.03. The lowest BCUT2D eigenvalue weighted by Gasteiger charge is -2.04. The molecule has 0 amide bonds. The minimum atomic E-state index is -0.269. The number of carbonyl (C=O) groups is 1. The minimum absolute atomic E-state index is 0.211. The zero-order valence-corrected chi connectivity index (χ0v) is 11.1. The Morgan fingerprint density at radius 3 is 1.81 bits per heavy atom. The molecule has 0 radical (unpaired) electrons. The Kier molecular flexibility index (Phi) is 10.9. The monoisotopic (exact) mass is 227 g/mol. The summed E-state index contributed by atoms with van der Waals surface area (Å²) in [6, 6.07) is -0.269. The molecule has 0 saturated heterocycles. The van der Waals surface area contributed by atoms with Crippen molar-refractivity contribution in [3.8, 4) is 0 Å². The highest BCUT2D eigenvalue weighted by Crippen LogP contribution is 2.10. The van der Waals surface area contributed by atoms with Crippen molar-refractivity contribution in [3.63, 3.8) is 0 Å². The summed E-state index contributed by atoms with van der Waals surface area (Å²) < 4.78 is 0. The Labute approximate surface area is 101 Å². The standard InChI is InChI=1S/C14H29NO/c1-3-4-5-6-7-8-9-10-11-12-14(16)13(2)15/h13H,3-12,15H2,1-2H3. The van der Waals surface area contributed by atoms with Gasteiger partial charge in [-0.2, -0.15) is 0 Å². The molecule has 16 heavy (non-hydrogen) atoms. The highest BCUT2D eigenvalue weighted by atomic mass is 16.1. The Bertz CT molecular complexity index is 166. The minimum Gasteiger partial charge on any atom is -0.322 e. The molecule has 1 atom stereocenters. The molecule has 0 aliphatic rings. The van der Waals surface area contributed by atoms with Crippen LogP contribution >= 0.6 is 0 Å². The second-order valence-electron chi connectivity index (χ2n) is 4.83. The maximum atomic E-state index is 11.2. The number of nitrogens with two attached hydrogens (primary N) is 1. The number of Topliss-reactive ketones (excluding diaryl/α,β-unsaturated/α-hetero) is 1. The smallest absolute Gasteiger partial charge is 0.149 e. The molecule has 0 fully saturated rings. The number of carbonyl (C=O) groups excluding carboxylic acids is 1. The van der Waals surface area contributed by atoms with E-state index in [1.54, 1.807) is 6.92 Å². The average Bonchev–Trinajstić information content (AvgIpc) is 2.26. The predicted molar refractivity (Wildman–Crippen MR) is 70.5 cm³/mol. The molecular weight excluding hydrogens is 198 g/mol. The maximum Gasteiger partial charge on any atom is 0.149 e. The highest BCUT2D eigenvalue weighted by molar-refractivity contribution is 5.83. The lowest BCUT2D eigenvalue weighted by atomic mass is 10.0. The van der Waals surface area contributed by atoms with E-state index in [0.717, 1.165) is 6.42 Å². The maximum absolute atomic E-state index is 11.2. The van der Waals surface area contributed by atoms with E-state index in [2.05, 4.69) is 6.92 Å². The van der Waals surface area contributed by atoms with E-state index in [1.165, 1.54) is 51.4 Å². The first-order chi connectivity index (χ1) is 7.68. The molecule has 0 saturated carbocycles. The molecular formula is C14H29NO. The number of rotatable bonds is 11. The molecule has 0 aromatic heterocycles. The van der Waals surface area contributed by atoms with Crippen LogP contribution in [0, 0.1) is 0 Å². The molecule has 96 valence electrons. The molecule has 0 heterocycles. The van der Waals surface area contributed by atoms with E-state index < -0.39 is 0 Å². The fourth-order valence-corrected chi connectivity index (χ4v) is 1.84. The summed E-state index contributed by atoms with van der Waals surface area (Å²) in [6.07, 6.45) is 12.3. The van der Waals surface area contributed by atoms with Gasteiger partial charge in [-0.1, -0.05) is 58.3 Å². The zero-order valence-electron chi connectivity index (χ0n) is 11.1. The number of unbranched alkanes of at least 4 members (excludes halogenated alkanes) is 8. The van der Waals surface area contributed by atoms with E-state index in [9.17, 15) is 4.79 Å². The molecule has 1 unspecified atom stereocenters. The van der Waals surface area contributed by atoms with Gasteiger partial charge in [0.1, 0.15) is 5.78 Å². The Morgan fingerprint density at radius 2 is 1.38 bits per heavy atom. The summed E-state index contributed by atoms with van der Waals surface area (Å²) in [7, 11) is 0. The van der Waals surface area contributed by atoms with E-state index in [4.69, 9.17) is 5.73 Å². The molecule has 0 aromatic carbocycles. The predicted octanol–water partition coefficient (Wildman–Crippen LogP) is 3.82. The van der Waals surface area contributed by atoms with Gasteiger partial charge in [-0.15, -0.1) is 0 Å². The lowest BCUT2D eigenvalue weighted by Crippen LogP contribution is -2.26. The van der Waals surface area contributed by atoms with Crippen molar-refractivity contribution in [1.82, 2.24) is 0 Å². The zero-order chi connectivity index (χ0) is 12.2. The number of ketones is 1. The second kappa shape index (κ2) is 11.1. The van der Waals surface area contributed by atoms with E-state index in [1.807, 2.05) is 0 Å². The van der Waals surface area contributed by atoms with Crippen molar-refractivity contribution in [2.24, 2.45) is 5.73 Å². The molecule has 2 nitrogen and oxygen atoms in total. The van der Waals surface area contributed by atoms with Gasteiger partial charge in [0.2, 0.25) is 0 Å². The van der Waals surface area contributed by atoms with Gasteiger partial charge in [-0.05, 0) is 13.3 Å². The molecule has 0 spiro atoms. The van der Waals surface area contributed by atoms with E-state index in [0.29, 0.717) is 6.42 Å². The second-order valence-corrected chi connectivity index (χ2v) is 4.83. The average molecular weight is 227 g/mol. The third kappa shape index (κ3) is 10.2. The highest BCUT2D eigenvalue weighted by Gasteiger charge is 2.05. The van der Waals surface area contributed by atoms with Crippen LogP contribution in [-0.4, -0.2) is 11.8 Å². The summed E-state index contributed by atoms with van der Waals surface area (Å²) in [4.78, 5) is 11.2. The first kappa shape index (κ1) is 15.6. The van der Waals surface area contributed by atoms with Crippen LogP contribution in [-0.2, 0) is 4.79 Å². The molecule has 0 rings (SSSR count). The fraction of sp³-hybridized carbons (Fsp3) is 0.929. The normalized spacial score (nSPS) is 12.7. The molecule has 2 N–H and O–H groups in total. The molecule has 0 aliphatic heterocycles. The molecule has 0 aliphatic carbocycles. The van der Waals surface area contributed by atoms with Crippen LogP contribution in [0.4, 0.5) is 0 Å². The van der Waals surface area contributed by atoms with Crippen LogP contribution in [0.1, 0.15) is 78.1 Å². The van der Waals surface area contributed by atoms with Crippen molar-refractivity contribution in [3.05, 3.63) is 0 Å². The van der Waals surface area contributed by atoms with Crippen molar-refractivity contribution >= 4 is 5.78 Å². The summed E-state index contributed by atoms with van der Waals surface area (Å²) in [5.74, 6) is 0.211. The van der Waals surface area contributed by atoms with Crippen molar-refractivity contribution in [1.29, 1.82) is 0 Å². The van der Waals surface area contributed by atoms with Crippen molar-refractivity contribution < 1.29 is 4.79 Å². The number of hydrogen-bond acceptors (Lipinski definition) is 2. The first-order valence-corrected chi connectivity index (χ1v) is 6.96. The summed E-state index contributed by atoms with van der Waals surface area (Å²) in [5.41, 5.74) is 5.50. The first-order valence-electron chi connectivity index (χ1n) is 6.96. The SMILES string of the molecule is CCCCCCCCCCCC(=O)C(C)N. The lowest BCUT2D eigenvalue weighted by molar-refractivity contribution is -0.120. The van der Waals surface area contributed by atoms with Gasteiger partial charge in [0.15, 0.2) is 0 Å². The van der Waals surface area contributed by atoms with Crippen molar-refractivity contribution in [2.45, 2.75) is 84.1 Å². The molecule has 2 heteroatoms. The summed E-state index contributed by atoms with van der Waals surface area (Å²) >= 11 is 0. The van der Waals surface area contributed by atoms with Gasteiger partial charge in [0, 0.05) is 6.42 Å². The Morgan fingerprint density at radius 1 is 0.938 bits per heavy atom. The van der Waals surface area contributed by atoms with Crippen LogP contribution in [0.15, 0.2) is 0 Å². The Hall–Kier alpha value is -0.370. The van der Waals surface area contributed by atoms with E-state index >= 15 is 0 Å². The molecule has 0 aromatic rings. The van der Waals surface area contributed by atoms with Gasteiger partial charge in [-0.25, -0.2) is 0 Å². The fourth-order valence-electron chi connectivity index (χ4n) is 1.84. The molecule has 0 bridgehead atoms. The van der Waals surface area contributed by atoms with Crippen LogP contribution < -0.4 is 5.73 Å². The van der Waals surface area contributed by atoms with Crippen LogP contribution in [0.25, 0.3) is 0 Å². The topological polar surface area (TPSA) is 43.1 Å². The number of hydrogen-bond donors (Lipinski definition) is 1. The third-order valence-electron chi connectivity index (χ3n) is 3.03. The van der Waals surface area contributed by atoms with Crippen LogP contribution in [0.3, 0.4) is 0 Å². The Balaban J connectivity index is 3.07.